The maximum absolute atomic E-state index is 6.39. The lowest BCUT2D eigenvalue weighted by atomic mass is 9.99. The number of hydrogen-bond acceptors (Lipinski definition) is 4. The van der Waals surface area contributed by atoms with E-state index in [4.69, 9.17) is 17.3 Å². The van der Waals surface area contributed by atoms with Gasteiger partial charge in [-0.2, -0.15) is 0 Å². The molecule has 29 heavy (non-hydrogen) atoms. The Morgan fingerprint density at radius 3 is 2.72 bits per heavy atom. The first kappa shape index (κ1) is 20.7. The summed E-state index contributed by atoms with van der Waals surface area (Å²) in [5.41, 5.74) is 13.9. The van der Waals surface area contributed by atoms with Crippen LogP contribution >= 0.6 is 11.6 Å². The van der Waals surface area contributed by atoms with Crippen molar-refractivity contribution in [2.24, 2.45) is 0 Å². The second-order valence-corrected chi connectivity index (χ2v) is 7.52. The van der Waals surface area contributed by atoms with Gasteiger partial charge in [0.15, 0.2) is 0 Å². The molecule has 150 valence electrons. The van der Waals surface area contributed by atoms with Crippen molar-refractivity contribution in [2.75, 3.05) is 17.6 Å². The number of nitrogen functional groups attached to an aromatic ring is 1. The highest BCUT2D eigenvalue weighted by Crippen LogP contribution is 2.26. The number of aryl methyl sites for hydroxylation is 1. The van der Waals surface area contributed by atoms with Crippen LogP contribution in [0.25, 0.3) is 0 Å². The van der Waals surface area contributed by atoms with Crippen LogP contribution in [0.3, 0.4) is 0 Å². The molecule has 0 radical (unpaired) electrons. The van der Waals surface area contributed by atoms with E-state index in [9.17, 15) is 0 Å². The van der Waals surface area contributed by atoms with E-state index in [-0.39, 0.29) is 0 Å². The molecule has 0 bridgehead atoms. The van der Waals surface area contributed by atoms with Gasteiger partial charge in [-0.25, -0.2) is 0 Å². The first-order valence-electron chi connectivity index (χ1n) is 9.70. The summed E-state index contributed by atoms with van der Waals surface area (Å²) < 4.78 is 0. The van der Waals surface area contributed by atoms with Crippen molar-refractivity contribution < 1.29 is 0 Å². The molecule has 0 unspecified atom stereocenters. The Bertz CT molecular complexity index is 984. The zero-order valence-electron chi connectivity index (χ0n) is 16.7. The van der Waals surface area contributed by atoms with Crippen molar-refractivity contribution in [1.82, 2.24) is 10.3 Å². The highest BCUT2D eigenvalue weighted by Gasteiger charge is 2.09. The number of pyridine rings is 1. The summed E-state index contributed by atoms with van der Waals surface area (Å²) in [6.45, 7) is 7.24. The summed E-state index contributed by atoms with van der Waals surface area (Å²) in [5, 5.41) is 7.48. The third-order valence-corrected chi connectivity index (χ3v) is 5.01. The van der Waals surface area contributed by atoms with E-state index in [2.05, 4.69) is 40.4 Å². The van der Waals surface area contributed by atoms with E-state index in [0.29, 0.717) is 6.54 Å². The molecule has 1 aromatic heterocycles. The standard InChI is InChI=1S/C24H27ClN4/c1-3-27-16-21-14-20(12-19-8-9-28-17(2)11-19)23(26)15-24(21)29-10-7-18-5-4-6-22(25)13-18/h3-6,8-9,11,13-15,27,29H,1,7,10,12,16,26H2,2H3. The fraction of sp³-hybridized carbons (Fsp3) is 0.208. The zero-order chi connectivity index (χ0) is 20.6. The highest BCUT2D eigenvalue weighted by molar-refractivity contribution is 6.30. The number of halogens is 1. The number of benzene rings is 2. The van der Waals surface area contributed by atoms with Gasteiger partial charge in [-0.15, -0.1) is 0 Å². The fourth-order valence-corrected chi connectivity index (χ4v) is 3.54. The Morgan fingerprint density at radius 1 is 1.10 bits per heavy atom. The van der Waals surface area contributed by atoms with Gasteiger partial charge in [-0.1, -0.05) is 30.3 Å². The summed E-state index contributed by atoms with van der Waals surface area (Å²) >= 11 is 6.08. The third kappa shape index (κ3) is 6.00. The molecule has 5 heteroatoms. The van der Waals surface area contributed by atoms with Gasteiger partial charge in [0.05, 0.1) is 0 Å². The molecule has 0 aliphatic rings. The minimum absolute atomic E-state index is 0.686. The quantitative estimate of drug-likeness (QED) is 0.432. The van der Waals surface area contributed by atoms with Gasteiger partial charge in [0.25, 0.3) is 0 Å². The Kier molecular flexibility index (Phi) is 7.14. The SMILES string of the molecule is C=CNCc1cc(Cc2ccnc(C)c2)c(N)cc1NCCc1cccc(Cl)c1. The maximum atomic E-state index is 6.39. The molecule has 3 rings (SSSR count). The minimum Gasteiger partial charge on any atom is -0.398 e. The second-order valence-electron chi connectivity index (χ2n) is 7.08. The molecule has 0 spiro atoms. The van der Waals surface area contributed by atoms with Crippen molar-refractivity contribution in [3.05, 3.63) is 100 Å². The van der Waals surface area contributed by atoms with Crippen molar-refractivity contribution in [2.45, 2.75) is 26.3 Å². The van der Waals surface area contributed by atoms with Crippen molar-refractivity contribution in [3.63, 3.8) is 0 Å². The van der Waals surface area contributed by atoms with Crippen LogP contribution in [0.4, 0.5) is 11.4 Å². The molecule has 0 saturated heterocycles. The number of anilines is 2. The second kappa shape index (κ2) is 9.99. The largest absolute Gasteiger partial charge is 0.398 e. The summed E-state index contributed by atoms with van der Waals surface area (Å²) in [7, 11) is 0. The number of rotatable bonds is 9. The van der Waals surface area contributed by atoms with Crippen molar-refractivity contribution in [1.29, 1.82) is 0 Å². The molecule has 0 atom stereocenters. The maximum Gasteiger partial charge on any atom is 0.0415 e. The predicted molar refractivity (Wildman–Crippen MR) is 123 cm³/mol. The van der Waals surface area contributed by atoms with Gasteiger partial charge in [0.2, 0.25) is 0 Å². The Labute approximate surface area is 177 Å². The Balaban J connectivity index is 1.76. The van der Waals surface area contributed by atoms with Gasteiger partial charge >= 0.3 is 0 Å². The summed E-state index contributed by atoms with van der Waals surface area (Å²) in [6.07, 6.45) is 5.21. The molecule has 3 aromatic rings. The van der Waals surface area contributed by atoms with Gasteiger partial charge in [-0.3, -0.25) is 4.98 Å². The van der Waals surface area contributed by atoms with E-state index < -0.39 is 0 Å². The normalized spacial score (nSPS) is 10.6. The lowest BCUT2D eigenvalue weighted by Crippen LogP contribution is -2.12. The van der Waals surface area contributed by atoms with Crippen LogP contribution in [0.2, 0.25) is 5.02 Å². The molecular formula is C24H27ClN4. The molecule has 2 aromatic carbocycles. The fourth-order valence-electron chi connectivity index (χ4n) is 3.33. The lowest BCUT2D eigenvalue weighted by molar-refractivity contribution is 0.868. The van der Waals surface area contributed by atoms with Crippen molar-refractivity contribution in [3.8, 4) is 0 Å². The molecule has 0 amide bonds. The lowest BCUT2D eigenvalue weighted by Gasteiger charge is -2.17. The molecule has 1 heterocycles. The predicted octanol–water partition coefficient (Wildman–Crippen LogP) is 5.10. The third-order valence-electron chi connectivity index (χ3n) is 4.78. The number of nitrogens with zero attached hydrogens (tertiary/aromatic N) is 1. The monoisotopic (exact) mass is 406 g/mol. The average molecular weight is 407 g/mol. The van der Waals surface area contributed by atoms with Gasteiger partial charge in [-0.05, 0) is 84.6 Å². The Morgan fingerprint density at radius 2 is 1.97 bits per heavy atom. The Hall–Kier alpha value is -2.98. The summed E-state index contributed by atoms with van der Waals surface area (Å²) in [5.74, 6) is 0. The van der Waals surface area contributed by atoms with E-state index in [1.165, 1.54) is 11.1 Å². The van der Waals surface area contributed by atoms with E-state index in [1.807, 2.05) is 43.5 Å². The van der Waals surface area contributed by atoms with Crippen LogP contribution in [-0.2, 0) is 19.4 Å². The van der Waals surface area contributed by atoms with E-state index >= 15 is 0 Å². The molecule has 0 fully saturated rings. The van der Waals surface area contributed by atoms with Gasteiger partial charge in [0, 0.05) is 41.4 Å². The molecule has 0 aliphatic heterocycles. The number of aromatic nitrogens is 1. The van der Waals surface area contributed by atoms with E-state index in [0.717, 1.165) is 52.6 Å². The van der Waals surface area contributed by atoms with Gasteiger partial charge < -0.3 is 16.4 Å². The molecule has 0 aliphatic carbocycles. The molecular weight excluding hydrogens is 380 g/mol. The van der Waals surface area contributed by atoms with Gasteiger partial charge in [0.1, 0.15) is 0 Å². The number of nitrogens with two attached hydrogens (primary N) is 1. The van der Waals surface area contributed by atoms with Crippen LogP contribution in [-0.4, -0.2) is 11.5 Å². The first-order valence-corrected chi connectivity index (χ1v) is 10.1. The van der Waals surface area contributed by atoms with Crippen LogP contribution in [0.15, 0.2) is 67.5 Å². The average Bonchev–Trinajstić information content (AvgIpc) is 2.69. The van der Waals surface area contributed by atoms with Crippen LogP contribution < -0.4 is 16.4 Å². The first-order chi connectivity index (χ1) is 14.0. The van der Waals surface area contributed by atoms with Crippen LogP contribution in [0.5, 0.6) is 0 Å². The smallest absolute Gasteiger partial charge is 0.0415 e. The molecule has 4 nitrogen and oxygen atoms in total. The molecule has 0 saturated carbocycles. The topological polar surface area (TPSA) is 63.0 Å². The highest BCUT2D eigenvalue weighted by atomic mass is 35.5. The summed E-state index contributed by atoms with van der Waals surface area (Å²) in [4.78, 5) is 4.27. The number of nitrogens with one attached hydrogen (secondary N) is 2. The zero-order valence-corrected chi connectivity index (χ0v) is 17.5. The molecule has 4 N–H and O–H groups in total. The summed E-state index contributed by atoms with van der Waals surface area (Å²) in [6, 6.07) is 16.3. The van der Waals surface area contributed by atoms with E-state index in [1.54, 1.807) is 6.20 Å². The van der Waals surface area contributed by atoms with Crippen LogP contribution in [0, 0.1) is 6.92 Å². The van der Waals surface area contributed by atoms with Crippen LogP contribution in [0.1, 0.15) is 27.9 Å². The van der Waals surface area contributed by atoms with Crippen molar-refractivity contribution >= 4 is 23.0 Å². The number of hydrogen-bond donors (Lipinski definition) is 3. The minimum atomic E-state index is 0.686.